The van der Waals surface area contributed by atoms with E-state index in [-0.39, 0.29) is 0 Å². The third kappa shape index (κ3) is 4.18. The van der Waals surface area contributed by atoms with Crippen LogP contribution in [-0.2, 0) is 9.53 Å². The molecule has 0 fully saturated rings. The van der Waals surface area contributed by atoms with Gasteiger partial charge in [-0.15, -0.1) is 11.3 Å². The molecular weight excluding hydrogens is 326 g/mol. The van der Waals surface area contributed by atoms with Crippen molar-refractivity contribution in [2.75, 3.05) is 25.6 Å². The van der Waals surface area contributed by atoms with Crippen molar-refractivity contribution in [2.45, 2.75) is 12.8 Å². The van der Waals surface area contributed by atoms with Gasteiger partial charge in [0.05, 0.1) is 11.6 Å². The molecule has 1 heterocycles. The first-order valence-corrected chi connectivity index (χ1v) is 8.09. The number of nitriles is 1. The van der Waals surface area contributed by atoms with Crippen LogP contribution < -0.4 is 4.90 Å². The van der Waals surface area contributed by atoms with E-state index in [1.807, 2.05) is 31.1 Å². The van der Waals surface area contributed by atoms with Gasteiger partial charge in [-0.05, 0) is 25.1 Å². The molecule has 0 aliphatic carbocycles. The van der Waals surface area contributed by atoms with Crippen molar-refractivity contribution in [1.82, 2.24) is 4.98 Å². The number of benzene rings is 1. The van der Waals surface area contributed by atoms with E-state index in [0.29, 0.717) is 10.6 Å². The molecule has 6 nitrogen and oxygen atoms in total. The van der Waals surface area contributed by atoms with Crippen molar-refractivity contribution >= 4 is 28.8 Å². The zero-order valence-corrected chi connectivity index (χ0v) is 14.5. The number of aromatic nitrogens is 1. The third-order valence-electron chi connectivity index (χ3n) is 3.28. The second-order valence-corrected chi connectivity index (χ2v) is 6.27. The Kier molecular flexibility index (Phi) is 5.66. The highest BCUT2D eigenvalue weighted by Crippen LogP contribution is 2.21. The van der Waals surface area contributed by atoms with Crippen LogP contribution in [0.25, 0.3) is 0 Å². The summed E-state index contributed by atoms with van der Waals surface area (Å²) < 4.78 is 5.05. The second kappa shape index (κ2) is 7.70. The summed E-state index contributed by atoms with van der Waals surface area (Å²) in [6, 6.07) is 8.82. The number of ether oxygens (including phenoxy) is 1. The summed E-state index contributed by atoms with van der Waals surface area (Å²) in [6.07, 6.45) is 0. The number of aryl methyl sites for hydroxylation is 1. The fourth-order valence-electron chi connectivity index (χ4n) is 1.98. The quantitative estimate of drug-likeness (QED) is 0.750. The summed E-state index contributed by atoms with van der Waals surface area (Å²) >= 11 is 1.25. The van der Waals surface area contributed by atoms with Crippen molar-refractivity contribution in [3.63, 3.8) is 0 Å². The molecule has 1 aromatic carbocycles. The van der Waals surface area contributed by atoms with Crippen molar-refractivity contribution < 1.29 is 14.3 Å². The predicted octanol–water partition coefficient (Wildman–Crippen LogP) is 2.55. The maximum atomic E-state index is 12.2. The van der Waals surface area contributed by atoms with Crippen LogP contribution in [0.2, 0.25) is 0 Å². The zero-order valence-electron chi connectivity index (χ0n) is 13.6. The van der Waals surface area contributed by atoms with E-state index in [1.54, 1.807) is 30.5 Å². The van der Waals surface area contributed by atoms with Gasteiger partial charge in [0.1, 0.15) is 5.01 Å². The Morgan fingerprint density at radius 2 is 2.17 bits per heavy atom. The van der Waals surface area contributed by atoms with Crippen molar-refractivity contribution in [2.24, 2.45) is 0 Å². The van der Waals surface area contributed by atoms with Gasteiger partial charge < -0.3 is 9.64 Å². The molecule has 0 amide bonds. The molecule has 1 atom stereocenters. The number of carbonyl (C=O) groups excluding carboxylic acids is 2. The Bertz CT molecular complexity index is 792. The number of ketones is 1. The van der Waals surface area contributed by atoms with Gasteiger partial charge >= 0.3 is 5.97 Å². The fourth-order valence-corrected chi connectivity index (χ4v) is 2.85. The number of esters is 1. The monoisotopic (exact) mass is 343 g/mol. The van der Waals surface area contributed by atoms with E-state index in [9.17, 15) is 14.9 Å². The van der Waals surface area contributed by atoms with Gasteiger partial charge in [-0.3, -0.25) is 4.79 Å². The standard InChI is InChI=1S/C17H17N3O3S/c1-11-10-24-16(19-11)14(8-18)15(21)9-23-17(22)12-5-4-6-13(7-12)20(2)3/h4-7,10,14H,9H2,1-3H3/t14-/m0/s1. The SMILES string of the molecule is Cc1csc([C@@H](C#N)C(=O)COC(=O)c2cccc(N(C)C)c2)n1. The van der Waals surface area contributed by atoms with Crippen LogP contribution in [-0.4, -0.2) is 37.4 Å². The van der Waals surface area contributed by atoms with E-state index in [0.717, 1.165) is 11.4 Å². The minimum atomic E-state index is -1.01. The first-order chi connectivity index (χ1) is 11.4. The highest BCUT2D eigenvalue weighted by atomic mass is 32.1. The van der Waals surface area contributed by atoms with Gasteiger partial charge in [0.15, 0.2) is 18.3 Å². The lowest BCUT2D eigenvalue weighted by atomic mass is 10.1. The van der Waals surface area contributed by atoms with Crippen LogP contribution in [0.3, 0.4) is 0 Å². The molecule has 0 radical (unpaired) electrons. The third-order valence-corrected chi connectivity index (χ3v) is 4.31. The van der Waals surface area contributed by atoms with Crippen LogP contribution in [0.1, 0.15) is 27.0 Å². The number of thiazole rings is 1. The van der Waals surface area contributed by atoms with Gasteiger partial charge in [0.25, 0.3) is 0 Å². The van der Waals surface area contributed by atoms with Gasteiger partial charge in [-0.1, -0.05) is 6.07 Å². The number of hydrogen-bond donors (Lipinski definition) is 0. The van der Waals surface area contributed by atoms with E-state index < -0.39 is 24.3 Å². The normalized spacial score (nSPS) is 11.4. The molecule has 2 rings (SSSR count). The molecule has 1 aromatic heterocycles. The topological polar surface area (TPSA) is 83.3 Å². The van der Waals surface area contributed by atoms with E-state index >= 15 is 0 Å². The predicted molar refractivity (Wildman–Crippen MR) is 91.3 cm³/mol. The van der Waals surface area contributed by atoms with Gasteiger partial charge in [-0.25, -0.2) is 9.78 Å². The fraction of sp³-hybridized carbons (Fsp3) is 0.294. The van der Waals surface area contributed by atoms with Gasteiger partial charge in [0, 0.05) is 30.9 Å². The lowest BCUT2D eigenvalue weighted by molar-refractivity contribution is -0.122. The molecule has 0 bridgehead atoms. The number of anilines is 1. The molecule has 24 heavy (non-hydrogen) atoms. The molecule has 0 unspecified atom stereocenters. The minimum absolute atomic E-state index is 0.354. The average Bonchev–Trinajstić information content (AvgIpc) is 2.99. The van der Waals surface area contributed by atoms with Gasteiger partial charge in [-0.2, -0.15) is 5.26 Å². The number of rotatable bonds is 6. The Morgan fingerprint density at radius 3 is 2.75 bits per heavy atom. The first-order valence-electron chi connectivity index (χ1n) is 7.21. The lowest BCUT2D eigenvalue weighted by Gasteiger charge is -2.13. The Balaban J connectivity index is 2.01. The molecular formula is C17H17N3O3S. The summed E-state index contributed by atoms with van der Waals surface area (Å²) in [5, 5.41) is 11.4. The second-order valence-electron chi connectivity index (χ2n) is 5.38. The lowest BCUT2D eigenvalue weighted by Crippen LogP contribution is -2.20. The smallest absolute Gasteiger partial charge is 0.338 e. The van der Waals surface area contributed by atoms with E-state index in [4.69, 9.17) is 4.74 Å². The number of Topliss-reactive ketones (excluding diaryl/α,β-unsaturated/α-hetero) is 1. The van der Waals surface area contributed by atoms with Crippen LogP contribution >= 0.6 is 11.3 Å². The average molecular weight is 343 g/mol. The van der Waals surface area contributed by atoms with Gasteiger partial charge in [0.2, 0.25) is 0 Å². The van der Waals surface area contributed by atoms with Crippen LogP contribution in [0.15, 0.2) is 29.6 Å². The summed E-state index contributed by atoms with van der Waals surface area (Å²) in [6.45, 7) is 1.33. The molecule has 0 saturated heterocycles. The molecule has 0 saturated carbocycles. The molecule has 2 aromatic rings. The maximum absolute atomic E-state index is 12.2. The zero-order chi connectivity index (χ0) is 17.7. The number of hydrogen-bond acceptors (Lipinski definition) is 7. The number of nitrogens with zero attached hydrogens (tertiary/aromatic N) is 3. The van der Waals surface area contributed by atoms with E-state index in [1.165, 1.54) is 11.3 Å². The Morgan fingerprint density at radius 1 is 1.42 bits per heavy atom. The summed E-state index contributed by atoms with van der Waals surface area (Å²) in [7, 11) is 3.73. The molecule has 0 N–H and O–H groups in total. The van der Waals surface area contributed by atoms with Crippen molar-refractivity contribution in [3.05, 3.63) is 45.9 Å². The molecule has 0 spiro atoms. The van der Waals surface area contributed by atoms with Crippen LogP contribution in [0.4, 0.5) is 5.69 Å². The maximum Gasteiger partial charge on any atom is 0.338 e. The van der Waals surface area contributed by atoms with E-state index in [2.05, 4.69) is 4.98 Å². The van der Waals surface area contributed by atoms with Crippen LogP contribution in [0, 0.1) is 18.3 Å². The molecule has 0 aliphatic heterocycles. The van der Waals surface area contributed by atoms with Crippen molar-refractivity contribution in [1.29, 1.82) is 5.26 Å². The Labute approximate surface area is 144 Å². The minimum Gasteiger partial charge on any atom is -0.454 e. The largest absolute Gasteiger partial charge is 0.454 e. The molecule has 0 aliphatic rings. The van der Waals surface area contributed by atoms with Crippen molar-refractivity contribution in [3.8, 4) is 6.07 Å². The highest BCUT2D eigenvalue weighted by Gasteiger charge is 2.24. The number of carbonyl (C=O) groups is 2. The molecule has 7 heteroatoms. The summed E-state index contributed by atoms with van der Waals surface area (Å²) in [5.74, 6) is -2.09. The Hall–Kier alpha value is -2.72. The summed E-state index contributed by atoms with van der Waals surface area (Å²) in [5.41, 5.74) is 1.96. The van der Waals surface area contributed by atoms with Crippen LogP contribution in [0.5, 0.6) is 0 Å². The first kappa shape index (κ1) is 17.6. The summed E-state index contributed by atoms with van der Waals surface area (Å²) in [4.78, 5) is 30.2. The highest BCUT2D eigenvalue weighted by molar-refractivity contribution is 7.09. The molecule has 124 valence electrons.